The lowest BCUT2D eigenvalue weighted by Gasteiger charge is -2.01. The molecule has 0 aromatic carbocycles. The van der Waals surface area contributed by atoms with Gasteiger partial charge < -0.3 is 9.47 Å². The number of carbonyl (C=O) groups is 3. The molecule has 120 valence electrons. The molecule has 0 bridgehead atoms. The number of rotatable bonds is 12. The van der Waals surface area contributed by atoms with E-state index < -0.39 is 0 Å². The highest BCUT2D eigenvalue weighted by Crippen LogP contribution is 2.03. The Balaban J connectivity index is 3.38. The molecule has 0 saturated carbocycles. The summed E-state index contributed by atoms with van der Waals surface area (Å²) in [6.45, 7) is 3.66. The maximum atomic E-state index is 11.5. The second-order valence-electron chi connectivity index (χ2n) is 4.86. The first-order valence-electron chi connectivity index (χ1n) is 7.48. The molecule has 5 nitrogen and oxygen atoms in total. The number of carbonyl (C=O) groups excluding carboxylic acids is 3. The van der Waals surface area contributed by atoms with Crippen LogP contribution in [0.4, 0.5) is 0 Å². The van der Waals surface area contributed by atoms with Gasteiger partial charge in [0.05, 0.1) is 13.2 Å². The lowest BCUT2D eigenvalue weighted by Crippen LogP contribution is -2.00. The highest BCUT2D eigenvalue weighted by molar-refractivity contribution is 5.89. The van der Waals surface area contributed by atoms with Crippen molar-refractivity contribution in [2.45, 2.75) is 58.8 Å². The van der Waals surface area contributed by atoms with Crippen molar-refractivity contribution in [3.05, 3.63) is 12.2 Å². The first-order chi connectivity index (χ1) is 10.0. The summed E-state index contributed by atoms with van der Waals surface area (Å²) < 4.78 is 9.61. The Kier molecular flexibility index (Phi) is 12.3. The van der Waals surface area contributed by atoms with Crippen molar-refractivity contribution in [3.63, 3.8) is 0 Å². The van der Waals surface area contributed by atoms with Crippen LogP contribution in [0, 0.1) is 0 Å². The van der Waals surface area contributed by atoms with Gasteiger partial charge in [0, 0.05) is 20.3 Å². The molecule has 0 atom stereocenters. The van der Waals surface area contributed by atoms with Gasteiger partial charge in [-0.25, -0.2) is 0 Å². The van der Waals surface area contributed by atoms with Crippen LogP contribution in [0.2, 0.25) is 0 Å². The minimum absolute atomic E-state index is 0.127. The molecule has 0 fully saturated rings. The van der Waals surface area contributed by atoms with Gasteiger partial charge in [0.2, 0.25) is 0 Å². The first-order valence-corrected chi connectivity index (χ1v) is 7.48. The molecule has 0 aromatic rings. The standard InChI is InChI=1S/C16H26O5/c1-14(17)20-12-8-4-3-6-10-16(19)11-7-5-9-13-21-15(2)18/h6,10H,3-5,7-9,11-13H2,1-2H3/b10-6+. The third kappa shape index (κ3) is 16.3. The third-order valence-electron chi connectivity index (χ3n) is 2.75. The molecule has 0 saturated heterocycles. The molecule has 5 heteroatoms. The summed E-state index contributed by atoms with van der Waals surface area (Å²) in [6.07, 6.45) is 9.06. The molecule has 0 spiro atoms. The molecule has 0 rings (SSSR count). The summed E-state index contributed by atoms with van der Waals surface area (Å²) in [5.41, 5.74) is 0. The minimum Gasteiger partial charge on any atom is -0.466 e. The second kappa shape index (κ2) is 13.3. The fourth-order valence-corrected chi connectivity index (χ4v) is 1.67. The fourth-order valence-electron chi connectivity index (χ4n) is 1.67. The van der Waals surface area contributed by atoms with E-state index >= 15 is 0 Å². The van der Waals surface area contributed by atoms with Crippen molar-refractivity contribution in [1.29, 1.82) is 0 Å². The fraction of sp³-hybridized carbons (Fsp3) is 0.688. The van der Waals surface area contributed by atoms with Crippen LogP contribution < -0.4 is 0 Å². The molecule has 0 amide bonds. The Morgan fingerprint density at radius 1 is 0.810 bits per heavy atom. The largest absolute Gasteiger partial charge is 0.466 e. The zero-order chi connectivity index (χ0) is 15.9. The van der Waals surface area contributed by atoms with Gasteiger partial charge in [0.15, 0.2) is 5.78 Å². The number of esters is 2. The normalized spacial score (nSPS) is 10.6. The van der Waals surface area contributed by atoms with Crippen molar-refractivity contribution < 1.29 is 23.9 Å². The van der Waals surface area contributed by atoms with E-state index in [1.165, 1.54) is 13.8 Å². The van der Waals surface area contributed by atoms with Gasteiger partial charge in [-0.2, -0.15) is 0 Å². The molecule has 0 unspecified atom stereocenters. The van der Waals surface area contributed by atoms with Gasteiger partial charge >= 0.3 is 11.9 Å². The molecule has 0 aliphatic rings. The summed E-state index contributed by atoms with van der Waals surface area (Å²) in [5, 5.41) is 0. The summed E-state index contributed by atoms with van der Waals surface area (Å²) in [7, 11) is 0. The maximum absolute atomic E-state index is 11.5. The van der Waals surface area contributed by atoms with Gasteiger partial charge in [-0.3, -0.25) is 14.4 Å². The maximum Gasteiger partial charge on any atom is 0.302 e. The Labute approximate surface area is 126 Å². The average molecular weight is 298 g/mol. The number of hydrogen-bond acceptors (Lipinski definition) is 5. The topological polar surface area (TPSA) is 69.7 Å². The number of hydrogen-bond donors (Lipinski definition) is 0. The van der Waals surface area contributed by atoms with E-state index in [1.54, 1.807) is 6.08 Å². The van der Waals surface area contributed by atoms with E-state index in [0.717, 1.165) is 38.5 Å². The first kappa shape index (κ1) is 19.4. The number of ketones is 1. The van der Waals surface area contributed by atoms with E-state index in [2.05, 4.69) is 0 Å². The van der Waals surface area contributed by atoms with E-state index in [9.17, 15) is 14.4 Å². The number of allylic oxidation sites excluding steroid dienone is 2. The molecule has 0 aliphatic carbocycles. The molecule has 21 heavy (non-hydrogen) atoms. The average Bonchev–Trinajstić information content (AvgIpc) is 2.41. The molecule has 0 radical (unpaired) electrons. The number of unbranched alkanes of at least 4 members (excludes halogenated alkanes) is 4. The molecule has 0 heterocycles. The van der Waals surface area contributed by atoms with Crippen LogP contribution in [-0.2, 0) is 23.9 Å². The minimum atomic E-state index is -0.261. The Morgan fingerprint density at radius 3 is 1.95 bits per heavy atom. The molecule has 0 aromatic heterocycles. The van der Waals surface area contributed by atoms with Crippen LogP contribution in [0.5, 0.6) is 0 Å². The van der Waals surface area contributed by atoms with Crippen LogP contribution in [0.15, 0.2) is 12.2 Å². The quantitative estimate of drug-likeness (QED) is 0.315. The molecule has 0 aliphatic heterocycles. The monoisotopic (exact) mass is 298 g/mol. The highest BCUT2D eigenvalue weighted by atomic mass is 16.5. The van der Waals surface area contributed by atoms with Crippen molar-refractivity contribution in [3.8, 4) is 0 Å². The van der Waals surface area contributed by atoms with E-state index in [1.807, 2.05) is 6.08 Å². The van der Waals surface area contributed by atoms with Crippen LogP contribution in [0.3, 0.4) is 0 Å². The zero-order valence-electron chi connectivity index (χ0n) is 13.1. The van der Waals surface area contributed by atoms with E-state index in [-0.39, 0.29) is 17.7 Å². The number of ether oxygens (including phenoxy) is 2. The smallest absolute Gasteiger partial charge is 0.302 e. The lowest BCUT2D eigenvalue weighted by molar-refractivity contribution is -0.142. The van der Waals surface area contributed by atoms with Crippen LogP contribution in [-0.4, -0.2) is 30.9 Å². The van der Waals surface area contributed by atoms with Crippen molar-refractivity contribution in [2.75, 3.05) is 13.2 Å². The summed E-state index contributed by atoms with van der Waals surface area (Å²) in [5.74, 6) is -0.389. The van der Waals surface area contributed by atoms with Crippen molar-refractivity contribution in [1.82, 2.24) is 0 Å². The highest BCUT2D eigenvalue weighted by Gasteiger charge is 1.98. The predicted molar refractivity (Wildman–Crippen MR) is 79.7 cm³/mol. The van der Waals surface area contributed by atoms with Gasteiger partial charge in [-0.05, 0) is 44.6 Å². The van der Waals surface area contributed by atoms with Crippen molar-refractivity contribution >= 4 is 17.7 Å². The van der Waals surface area contributed by atoms with Crippen LogP contribution in [0.1, 0.15) is 58.8 Å². The van der Waals surface area contributed by atoms with Gasteiger partial charge in [-0.1, -0.05) is 6.08 Å². The van der Waals surface area contributed by atoms with Crippen molar-refractivity contribution in [2.24, 2.45) is 0 Å². The lowest BCUT2D eigenvalue weighted by atomic mass is 10.1. The van der Waals surface area contributed by atoms with Gasteiger partial charge in [-0.15, -0.1) is 0 Å². The Bertz CT molecular complexity index is 347. The Hall–Kier alpha value is -1.65. The summed E-state index contributed by atoms with van der Waals surface area (Å²) in [6, 6.07) is 0. The van der Waals surface area contributed by atoms with Crippen LogP contribution >= 0.6 is 0 Å². The SMILES string of the molecule is CC(=O)OCCCC/C=C/C(=O)CCCCCOC(C)=O. The predicted octanol–water partition coefficient (Wildman–Crippen LogP) is 2.97. The Morgan fingerprint density at radius 2 is 1.38 bits per heavy atom. The van der Waals surface area contributed by atoms with E-state index in [4.69, 9.17) is 9.47 Å². The molecule has 0 N–H and O–H groups in total. The molecular formula is C16H26O5. The molecular weight excluding hydrogens is 272 g/mol. The second-order valence-corrected chi connectivity index (χ2v) is 4.86. The van der Waals surface area contributed by atoms with E-state index in [0.29, 0.717) is 19.6 Å². The third-order valence-corrected chi connectivity index (χ3v) is 2.75. The summed E-state index contributed by atoms with van der Waals surface area (Å²) in [4.78, 5) is 32.6. The van der Waals surface area contributed by atoms with Crippen LogP contribution in [0.25, 0.3) is 0 Å². The summed E-state index contributed by atoms with van der Waals surface area (Å²) >= 11 is 0. The van der Waals surface area contributed by atoms with Gasteiger partial charge in [0.25, 0.3) is 0 Å². The van der Waals surface area contributed by atoms with Gasteiger partial charge in [0.1, 0.15) is 0 Å². The zero-order valence-corrected chi connectivity index (χ0v) is 13.1.